The largest absolute Gasteiger partial charge is 0.498 e. The quantitative estimate of drug-likeness (QED) is 0.313. The van der Waals surface area contributed by atoms with Crippen molar-refractivity contribution in [2.75, 3.05) is 83.2 Å². The summed E-state index contributed by atoms with van der Waals surface area (Å²) in [5, 5.41) is 9.36. The molecule has 2 fully saturated rings. The summed E-state index contributed by atoms with van der Waals surface area (Å²) in [5.74, 6) is 1.79. The molecule has 0 bridgehead atoms. The summed E-state index contributed by atoms with van der Waals surface area (Å²) >= 11 is 0. The minimum Gasteiger partial charge on any atom is -0.498 e. The van der Waals surface area contributed by atoms with Crippen molar-refractivity contribution in [3.63, 3.8) is 0 Å². The first-order valence-corrected chi connectivity index (χ1v) is 15.3. The summed E-state index contributed by atoms with van der Waals surface area (Å²) in [5.41, 5.74) is 3.59. The molecule has 2 amide bonds. The van der Waals surface area contributed by atoms with Crippen molar-refractivity contribution >= 4 is 29.3 Å². The molecule has 2 aliphatic heterocycles. The number of hydrogen-bond donors (Lipinski definition) is 3. The van der Waals surface area contributed by atoms with Gasteiger partial charge in [-0.05, 0) is 83.4 Å². The number of likely N-dealkylation sites (N-methyl/N-ethyl adjacent to an activating group) is 1. The number of likely N-dealkylation sites (tertiary alicyclic amines) is 1. The van der Waals surface area contributed by atoms with Crippen LogP contribution in [-0.4, -0.2) is 103 Å². The summed E-state index contributed by atoms with van der Waals surface area (Å²) in [4.78, 5) is 28.9. The van der Waals surface area contributed by atoms with E-state index in [1.54, 1.807) is 6.33 Å². The van der Waals surface area contributed by atoms with Gasteiger partial charge in [-0.3, -0.25) is 0 Å². The zero-order chi connectivity index (χ0) is 28.3. The normalized spacial score (nSPS) is 18.0. The molecule has 1 aliphatic carbocycles. The number of unbranched alkanes of at least 4 members (excludes halogenated alkanes) is 1. The van der Waals surface area contributed by atoms with Crippen molar-refractivity contribution < 1.29 is 9.53 Å². The average molecular weight is 563 g/mol. The number of anilines is 3. The van der Waals surface area contributed by atoms with Crippen molar-refractivity contribution in [1.29, 1.82) is 0 Å². The van der Waals surface area contributed by atoms with Crippen LogP contribution in [0.3, 0.4) is 0 Å². The van der Waals surface area contributed by atoms with Crippen molar-refractivity contribution in [3.05, 3.63) is 47.6 Å². The number of aromatic nitrogens is 2. The summed E-state index contributed by atoms with van der Waals surface area (Å²) < 4.78 is 6.12. The molecule has 0 unspecified atom stereocenters. The first kappa shape index (κ1) is 29.3. The van der Waals surface area contributed by atoms with Crippen LogP contribution in [0.1, 0.15) is 49.8 Å². The molecule has 10 nitrogen and oxygen atoms in total. The molecule has 1 aromatic carbocycles. The second-order valence-corrected chi connectivity index (χ2v) is 11.4. The summed E-state index contributed by atoms with van der Waals surface area (Å²) in [6, 6.07) is 7.54. The van der Waals surface area contributed by atoms with Crippen LogP contribution >= 0.6 is 0 Å². The maximum atomic E-state index is 12.4. The Morgan fingerprint density at radius 1 is 0.927 bits per heavy atom. The number of piperazine rings is 1. The van der Waals surface area contributed by atoms with Gasteiger partial charge in [-0.2, -0.15) is 0 Å². The maximum Gasteiger partial charge on any atom is 0.319 e. The average Bonchev–Trinajstić information content (AvgIpc) is 3.50. The van der Waals surface area contributed by atoms with Crippen molar-refractivity contribution in [2.24, 2.45) is 0 Å². The molecule has 2 aromatic rings. The van der Waals surface area contributed by atoms with Gasteiger partial charge in [-0.25, -0.2) is 14.8 Å². The number of carbonyl (C=O) groups is 1. The van der Waals surface area contributed by atoms with Crippen LogP contribution in [0.25, 0.3) is 6.08 Å². The maximum absolute atomic E-state index is 12.4. The van der Waals surface area contributed by atoms with E-state index in [4.69, 9.17) is 4.74 Å². The highest BCUT2D eigenvalue weighted by Gasteiger charge is 2.18. The second kappa shape index (κ2) is 15.1. The van der Waals surface area contributed by atoms with Crippen LogP contribution in [0.4, 0.5) is 22.0 Å². The Hall–Kier alpha value is -3.21. The molecule has 3 N–H and O–H groups in total. The molecule has 3 aliphatic rings. The summed E-state index contributed by atoms with van der Waals surface area (Å²) in [7, 11) is 2.19. The first-order chi connectivity index (χ1) is 20.1. The number of rotatable bonds is 13. The minimum atomic E-state index is -0.177. The Bertz CT molecular complexity index is 1160. The van der Waals surface area contributed by atoms with E-state index in [0.717, 1.165) is 112 Å². The van der Waals surface area contributed by atoms with Gasteiger partial charge in [0.15, 0.2) is 0 Å². The lowest BCUT2D eigenvalue weighted by Crippen LogP contribution is -2.44. The number of amides is 2. The predicted molar refractivity (Wildman–Crippen MR) is 164 cm³/mol. The van der Waals surface area contributed by atoms with E-state index in [-0.39, 0.29) is 6.03 Å². The molecule has 0 radical (unpaired) electrons. The van der Waals surface area contributed by atoms with E-state index >= 15 is 0 Å². The van der Waals surface area contributed by atoms with Gasteiger partial charge in [0.05, 0.1) is 18.1 Å². The lowest BCUT2D eigenvalue weighted by molar-refractivity contribution is 0.133. The Balaban J connectivity index is 1.06. The molecule has 2 saturated heterocycles. The molecule has 0 atom stereocenters. The summed E-state index contributed by atoms with van der Waals surface area (Å²) in [6.07, 6.45) is 11.1. The van der Waals surface area contributed by atoms with E-state index < -0.39 is 0 Å². The number of nitrogens with zero attached hydrogens (tertiary/aromatic N) is 5. The topological polar surface area (TPSA) is 97.9 Å². The van der Waals surface area contributed by atoms with Crippen LogP contribution < -0.4 is 16.0 Å². The van der Waals surface area contributed by atoms with E-state index in [2.05, 4.69) is 53.7 Å². The molecule has 0 saturated carbocycles. The summed E-state index contributed by atoms with van der Waals surface area (Å²) in [6.45, 7) is 10.7. The Morgan fingerprint density at radius 2 is 1.71 bits per heavy atom. The van der Waals surface area contributed by atoms with E-state index in [0.29, 0.717) is 6.54 Å². The number of ether oxygens (including phenoxy) is 1. The number of fused-ring (bicyclic) bond motifs is 1. The zero-order valence-corrected chi connectivity index (χ0v) is 24.5. The molecule has 5 rings (SSSR count). The fraction of sp³-hybridized carbons (Fsp3) is 0.581. The lowest BCUT2D eigenvalue weighted by atomic mass is 10.0. The van der Waals surface area contributed by atoms with Crippen LogP contribution in [0.15, 0.2) is 36.4 Å². The SMILES string of the molecule is CN1CCN(CCCOC2=Cc3ncnc(Nc4cccc(NC(=O)NCCCCN5CCCC5)c4)c3CC2)CC1. The van der Waals surface area contributed by atoms with Gasteiger partial charge in [-0.15, -0.1) is 0 Å². The fourth-order valence-corrected chi connectivity index (χ4v) is 5.71. The molecule has 222 valence electrons. The van der Waals surface area contributed by atoms with Crippen molar-refractivity contribution in [3.8, 4) is 0 Å². The van der Waals surface area contributed by atoms with Crippen molar-refractivity contribution in [2.45, 2.75) is 44.9 Å². The van der Waals surface area contributed by atoms with Crippen molar-refractivity contribution in [1.82, 2.24) is 30.0 Å². The number of carbonyl (C=O) groups excluding carboxylic acids is 1. The molecular formula is C31H46N8O2. The molecule has 3 heterocycles. The van der Waals surface area contributed by atoms with E-state index in [1.807, 2.05) is 24.3 Å². The first-order valence-electron chi connectivity index (χ1n) is 15.3. The monoisotopic (exact) mass is 562 g/mol. The zero-order valence-electron chi connectivity index (χ0n) is 24.5. The third-order valence-electron chi connectivity index (χ3n) is 8.17. The number of allylic oxidation sites excluding steroid dienone is 1. The molecular weight excluding hydrogens is 516 g/mol. The van der Waals surface area contributed by atoms with E-state index in [1.165, 1.54) is 25.9 Å². The van der Waals surface area contributed by atoms with Crippen LogP contribution in [0, 0.1) is 0 Å². The number of nitrogens with one attached hydrogen (secondary N) is 3. The standard InChI is InChI=1S/C31H46N8O2/c1-37-17-19-39(20-18-37)16-7-21-41-27-10-11-28-29(23-27)33-24-34-30(28)35-25-8-6-9-26(22-25)36-31(40)32-12-2-3-13-38-14-4-5-15-38/h6,8-9,22-24H,2-5,7,10-21H2,1H3,(H2,32,36,40)(H,33,34,35). The van der Waals surface area contributed by atoms with Gasteiger partial charge in [0.2, 0.25) is 0 Å². The molecule has 1 aromatic heterocycles. The lowest BCUT2D eigenvalue weighted by Gasteiger charge is -2.32. The van der Waals surface area contributed by atoms with Crippen LogP contribution in [-0.2, 0) is 11.2 Å². The highest BCUT2D eigenvalue weighted by Crippen LogP contribution is 2.29. The predicted octanol–water partition coefficient (Wildman–Crippen LogP) is 4.16. The highest BCUT2D eigenvalue weighted by molar-refractivity contribution is 5.90. The van der Waals surface area contributed by atoms with Gasteiger partial charge < -0.3 is 35.4 Å². The molecule has 41 heavy (non-hydrogen) atoms. The van der Waals surface area contributed by atoms with Gasteiger partial charge >= 0.3 is 6.03 Å². The third-order valence-corrected chi connectivity index (χ3v) is 8.17. The van der Waals surface area contributed by atoms with Gasteiger partial charge in [0.25, 0.3) is 0 Å². The molecule has 0 spiro atoms. The highest BCUT2D eigenvalue weighted by atomic mass is 16.5. The number of hydrogen-bond acceptors (Lipinski definition) is 8. The minimum absolute atomic E-state index is 0.177. The van der Waals surface area contributed by atoms with Crippen LogP contribution in [0.5, 0.6) is 0 Å². The Kier molecular flexibility index (Phi) is 10.8. The fourth-order valence-electron chi connectivity index (χ4n) is 5.71. The second-order valence-electron chi connectivity index (χ2n) is 11.4. The van der Waals surface area contributed by atoms with Gasteiger partial charge in [0, 0.05) is 68.7 Å². The number of urea groups is 1. The van der Waals surface area contributed by atoms with E-state index in [9.17, 15) is 4.79 Å². The third kappa shape index (κ3) is 9.14. The van der Waals surface area contributed by atoms with Gasteiger partial charge in [-0.1, -0.05) is 6.07 Å². The number of benzene rings is 1. The molecule has 10 heteroatoms. The van der Waals surface area contributed by atoms with Gasteiger partial charge in [0.1, 0.15) is 12.1 Å². The van der Waals surface area contributed by atoms with Crippen LogP contribution in [0.2, 0.25) is 0 Å². The Morgan fingerprint density at radius 3 is 2.56 bits per heavy atom. The Labute approximate surface area is 244 Å². The smallest absolute Gasteiger partial charge is 0.319 e.